The number of aliphatic hydroxyl groups is 1. The summed E-state index contributed by atoms with van der Waals surface area (Å²) >= 11 is 7.42. The highest BCUT2D eigenvalue weighted by Gasteiger charge is 2.34. The second kappa shape index (κ2) is 8.41. The van der Waals surface area contributed by atoms with Gasteiger partial charge in [0.2, 0.25) is 5.88 Å². The number of nitrogens with two attached hydrogens (primary N) is 1. The molecule has 0 amide bonds. The van der Waals surface area contributed by atoms with E-state index in [-0.39, 0.29) is 29.0 Å². The summed E-state index contributed by atoms with van der Waals surface area (Å²) in [5.41, 5.74) is 7.55. The first kappa shape index (κ1) is 21.1. The fourth-order valence-electron chi connectivity index (χ4n) is 3.26. The molecule has 1 saturated heterocycles. The topological polar surface area (TPSA) is 108 Å². The number of rotatable bonds is 5. The van der Waals surface area contributed by atoms with E-state index in [2.05, 4.69) is 28.7 Å². The SMILES string of the molecule is Cc1nc(N2CCC(C)([C@H](C)N)CC2)c(CO)nc1Sc1ccnc(O)c1Cl. The van der Waals surface area contributed by atoms with Gasteiger partial charge in [-0.15, -0.1) is 0 Å². The molecular weight excluding hydrogens is 398 g/mol. The molecule has 0 unspecified atom stereocenters. The van der Waals surface area contributed by atoms with Crippen LogP contribution in [-0.2, 0) is 6.61 Å². The summed E-state index contributed by atoms with van der Waals surface area (Å²) in [6.45, 7) is 7.63. The van der Waals surface area contributed by atoms with Crippen LogP contribution in [0.15, 0.2) is 22.2 Å². The monoisotopic (exact) mass is 423 g/mol. The summed E-state index contributed by atoms with van der Waals surface area (Å²) in [6, 6.07) is 1.85. The summed E-state index contributed by atoms with van der Waals surface area (Å²) in [5.74, 6) is 0.501. The van der Waals surface area contributed by atoms with Gasteiger partial charge in [0.25, 0.3) is 0 Å². The minimum Gasteiger partial charge on any atom is -0.492 e. The molecule has 0 bridgehead atoms. The zero-order valence-electron chi connectivity index (χ0n) is 16.3. The van der Waals surface area contributed by atoms with Crippen LogP contribution in [0.5, 0.6) is 5.88 Å². The van der Waals surface area contributed by atoms with Crippen LogP contribution in [0.2, 0.25) is 5.02 Å². The van der Waals surface area contributed by atoms with Crippen LogP contribution in [-0.4, -0.2) is 44.3 Å². The molecule has 3 rings (SSSR count). The van der Waals surface area contributed by atoms with Gasteiger partial charge in [0.05, 0.1) is 12.3 Å². The molecule has 2 aromatic rings. The minimum atomic E-state index is -0.221. The Morgan fingerprint density at radius 3 is 2.64 bits per heavy atom. The number of hydrogen-bond acceptors (Lipinski definition) is 8. The number of halogens is 1. The van der Waals surface area contributed by atoms with Crippen molar-refractivity contribution in [3.05, 3.63) is 28.7 Å². The standard InChI is InChI=1S/C19H26ClN5O2S/c1-11-18(28-14-4-7-22-17(27)15(14)20)24-13(10-26)16(23-11)25-8-5-19(3,6-9-25)12(2)21/h4,7,12,26H,5-6,8-10,21H2,1-3H3,(H,22,27)/t12-/m0/s1. The van der Waals surface area contributed by atoms with E-state index in [9.17, 15) is 10.2 Å². The molecule has 3 heterocycles. The second-order valence-corrected chi connectivity index (χ2v) is 8.93. The van der Waals surface area contributed by atoms with Crippen LogP contribution in [0.25, 0.3) is 0 Å². The van der Waals surface area contributed by atoms with Gasteiger partial charge in [0.1, 0.15) is 15.7 Å². The van der Waals surface area contributed by atoms with E-state index >= 15 is 0 Å². The van der Waals surface area contributed by atoms with E-state index in [1.807, 2.05) is 6.92 Å². The number of hydrogen-bond donors (Lipinski definition) is 3. The predicted molar refractivity (Wildman–Crippen MR) is 111 cm³/mol. The number of aryl methyl sites for hydroxylation is 1. The summed E-state index contributed by atoms with van der Waals surface area (Å²) in [6.07, 6.45) is 3.42. The van der Waals surface area contributed by atoms with Gasteiger partial charge in [-0.25, -0.2) is 15.0 Å². The summed E-state index contributed by atoms with van der Waals surface area (Å²) in [5, 5.41) is 20.4. The smallest absolute Gasteiger partial charge is 0.231 e. The fourth-order valence-corrected chi connectivity index (χ4v) is 4.36. The van der Waals surface area contributed by atoms with E-state index in [4.69, 9.17) is 22.3 Å². The molecule has 152 valence electrons. The number of pyridine rings is 1. The van der Waals surface area contributed by atoms with Crippen molar-refractivity contribution in [2.75, 3.05) is 18.0 Å². The number of aromatic nitrogens is 3. The Balaban J connectivity index is 1.85. The van der Waals surface area contributed by atoms with Crippen LogP contribution in [0, 0.1) is 12.3 Å². The van der Waals surface area contributed by atoms with Gasteiger partial charge in [0, 0.05) is 30.2 Å². The Bertz CT molecular complexity index is 856. The van der Waals surface area contributed by atoms with Crippen molar-refractivity contribution in [1.82, 2.24) is 15.0 Å². The molecule has 1 aliphatic rings. The van der Waals surface area contributed by atoms with Gasteiger partial charge in [-0.1, -0.05) is 30.3 Å². The normalized spacial score (nSPS) is 17.6. The summed E-state index contributed by atoms with van der Waals surface area (Å²) < 4.78 is 0. The van der Waals surface area contributed by atoms with Gasteiger partial charge in [-0.3, -0.25) is 0 Å². The van der Waals surface area contributed by atoms with Crippen molar-refractivity contribution in [2.24, 2.45) is 11.1 Å². The maximum absolute atomic E-state index is 9.89. The van der Waals surface area contributed by atoms with Crippen LogP contribution >= 0.6 is 23.4 Å². The molecule has 4 N–H and O–H groups in total. The third-order valence-electron chi connectivity index (χ3n) is 5.57. The molecule has 0 aliphatic carbocycles. The van der Waals surface area contributed by atoms with Crippen molar-refractivity contribution >= 4 is 29.2 Å². The Morgan fingerprint density at radius 1 is 1.36 bits per heavy atom. The molecular formula is C19H26ClN5O2S. The Morgan fingerprint density at radius 2 is 2.04 bits per heavy atom. The van der Waals surface area contributed by atoms with Crippen molar-refractivity contribution < 1.29 is 10.2 Å². The Kier molecular flexibility index (Phi) is 6.34. The molecule has 0 radical (unpaired) electrons. The first-order chi connectivity index (χ1) is 13.2. The van der Waals surface area contributed by atoms with Gasteiger partial charge in [-0.2, -0.15) is 0 Å². The zero-order valence-corrected chi connectivity index (χ0v) is 17.9. The molecule has 1 fully saturated rings. The van der Waals surface area contributed by atoms with E-state index < -0.39 is 0 Å². The minimum absolute atomic E-state index is 0.119. The third-order valence-corrected chi connectivity index (χ3v) is 7.20. The van der Waals surface area contributed by atoms with Crippen molar-refractivity contribution in [2.45, 2.75) is 56.2 Å². The number of aromatic hydroxyl groups is 1. The quantitative estimate of drug-likeness (QED) is 0.673. The number of nitrogens with zero attached hydrogens (tertiary/aromatic N) is 4. The maximum Gasteiger partial charge on any atom is 0.231 e. The van der Waals surface area contributed by atoms with Crippen LogP contribution in [0.3, 0.4) is 0 Å². The molecule has 0 spiro atoms. The average molecular weight is 424 g/mol. The summed E-state index contributed by atoms with van der Waals surface area (Å²) in [4.78, 5) is 15.9. The molecule has 2 aromatic heterocycles. The highest BCUT2D eigenvalue weighted by Crippen LogP contribution is 2.39. The van der Waals surface area contributed by atoms with Gasteiger partial charge in [-0.05, 0) is 38.2 Å². The number of aliphatic hydroxyl groups excluding tert-OH is 1. The maximum atomic E-state index is 9.89. The van der Waals surface area contributed by atoms with Crippen LogP contribution in [0.4, 0.5) is 5.82 Å². The van der Waals surface area contributed by atoms with E-state index in [0.29, 0.717) is 15.6 Å². The lowest BCUT2D eigenvalue weighted by Crippen LogP contribution is -2.47. The first-order valence-electron chi connectivity index (χ1n) is 9.25. The second-order valence-electron chi connectivity index (χ2n) is 7.52. The van der Waals surface area contributed by atoms with Crippen LogP contribution < -0.4 is 10.6 Å². The Labute approximate surface area is 174 Å². The van der Waals surface area contributed by atoms with Crippen molar-refractivity contribution in [3.63, 3.8) is 0 Å². The predicted octanol–water partition coefficient (Wildman–Crippen LogP) is 3.14. The van der Waals surface area contributed by atoms with Gasteiger partial charge >= 0.3 is 0 Å². The average Bonchev–Trinajstić information content (AvgIpc) is 2.67. The van der Waals surface area contributed by atoms with Crippen LogP contribution in [0.1, 0.15) is 38.1 Å². The van der Waals surface area contributed by atoms with E-state index in [0.717, 1.165) is 37.4 Å². The van der Waals surface area contributed by atoms with E-state index in [1.54, 1.807) is 6.07 Å². The Hall–Kier alpha value is -1.61. The lowest BCUT2D eigenvalue weighted by Gasteiger charge is -2.42. The molecule has 0 aromatic carbocycles. The van der Waals surface area contributed by atoms with Crippen molar-refractivity contribution in [1.29, 1.82) is 0 Å². The molecule has 0 saturated carbocycles. The van der Waals surface area contributed by atoms with Crippen molar-refractivity contribution in [3.8, 4) is 5.88 Å². The largest absolute Gasteiger partial charge is 0.492 e. The van der Waals surface area contributed by atoms with Gasteiger partial charge < -0.3 is 20.8 Å². The summed E-state index contributed by atoms with van der Waals surface area (Å²) in [7, 11) is 0. The lowest BCUT2D eigenvalue weighted by atomic mass is 9.75. The molecule has 1 atom stereocenters. The molecule has 9 heteroatoms. The highest BCUT2D eigenvalue weighted by atomic mass is 35.5. The highest BCUT2D eigenvalue weighted by molar-refractivity contribution is 7.99. The third kappa shape index (κ3) is 4.20. The zero-order chi connectivity index (χ0) is 20.5. The number of piperidine rings is 1. The van der Waals surface area contributed by atoms with E-state index in [1.165, 1.54) is 18.0 Å². The molecule has 7 nitrogen and oxygen atoms in total. The molecule has 1 aliphatic heterocycles. The molecule has 28 heavy (non-hydrogen) atoms. The number of anilines is 1. The fraction of sp³-hybridized carbons (Fsp3) is 0.526. The first-order valence-corrected chi connectivity index (χ1v) is 10.4. The van der Waals surface area contributed by atoms with Gasteiger partial charge in [0.15, 0.2) is 5.82 Å². The lowest BCUT2D eigenvalue weighted by molar-refractivity contribution is 0.204.